The molecule has 0 radical (unpaired) electrons. The van der Waals surface area contributed by atoms with Crippen molar-refractivity contribution in [3.05, 3.63) is 29.3 Å². The van der Waals surface area contributed by atoms with Gasteiger partial charge in [-0.05, 0) is 42.7 Å². The predicted molar refractivity (Wildman–Crippen MR) is 105 cm³/mol. The van der Waals surface area contributed by atoms with E-state index in [1.54, 1.807) is 13.8 Å². The highest BCUT2D eigenvalue weighted by Crippen LogP contribution is 2.33. The summed E-state index contributed by atoms with van der Waals surface area (Å²) in [6, 6.07) is 6.11. The molecule has 0 atom stereocenters. The number of hydrogen-bond acceptors (Lipinski definition) is 2. The third kappa shape index (κ3) is 5.32. The molecule has 4 nitrogen and oxygen atoms in total. The van der Waals surface area contributed by atoms with E-state index in [0.717, 1.165) is 16.8 Å². The van der Waals surface area contributed by atoms with E-state index in [-0.39, 0.29) is 23.7 Å². The zero-order valence-electron chi connectivity index (χ0n) is 17.0. The van der Waals surface area contributed by atoms with Crippen LogP contribution in [0.2, 0.25) is 0 Å². The van der Waals surface area contributed by atoms with Gasteiger partial charge in [0.2, 0.25) is 11.8 Å². The Morgan fingerprint density at radius 3 is 1.80 bits per heavy atom. The van der Waals surface area contributed by atoms with Crippen molar-refractivity contribution >= 4 is 17.5 Å². The van der Waals surface area contributed by atoms with Crippen LogP contribution in [0, 0.1) is 11.3 Å². The van der Waals surface area contributed by atoms with Gasteiger partial charge >= 0.3 is 0 Å². The molecule has 0 aliphatic carbocycles. The van der Waals surface area contributed by atoms with Gasteiger partial charge in [-0.1, -0.05) is 59.7 Å². The van der Waals surface area contributed by atoms with Gasteiger partial charge < -0.3 is 10.6 Å². The molecular weight excluding hydrogens is 312 g/mol. The number of hydrogen-bond donors (Lipinski definition) is 2. The molecular formula is C21H34N2O2. The molecule has 4 heteroatoms. The minimum absolute atomic E-state index is 0.244. The molecule has 25 heavy (non-hydrogen) atoms. The number of amides is 2. The lowest BCUT2D eigenvalue weighted by Crippen LogP contribution is -2.46. The van der Waals surface area contributed by atoms with Gasteiger partial charge in [0.25, 0.3) is 0 Å². The van der Waals surface area contributed by atoms with Crippen LogP contribution in [-0.4, -0.2) is 18.4 Å². The zero-order chi connectivity index (χ0) is 19.4. The van der Waals surface area contributed by atoms with Crippen LogP contribution < -0.4 is 10.6 Å². The quantitative estimate of drug-likeness (QED) is 0.705. The normalized spacial score (nSPS) is 12.0. The van der Waals surface area contributed by atoms with Gasteiger partial charge in [0.1, 0.15) is 5.41 Å². The van der Waals surface area contributed by atoms with Gasteiger partial charge in [-0.25, -0.2) is 0 Å². The number of para-hydroxylation sites is 1. The van der Waals surface area contributed by atoms with Crippen molar-refractivity contribution in [1.82, 2.24) is 5.32 Å². The Labute approximate surface area is 152 Å². The second kappa shape index (κ2) is 8.50. The van der Waals surface area contributed by atoms with Crippen molar-refractivity contribution in [3.63, 3.8) is 0 Å². The van der Waals surface area contributed by atoms with Crippen LogP contribution >= 0.6 is 0 Å². The van der Waals surface area contributed by atoms with E-state index in [9.17, 15) is 9.59 Å². The largest absolute Gasteiger partial charge is 0.355 e. The second-order valence-corrected chi connectivity index (χ2v) is 8.30. The molecule has 0 aliphatic heterocycles. The first-order chi connectivity index (χ1) is 11.5. The van der Waals surface area contributed by atoms with Crippen molar-refractivity contribution in [3.8, 4) is 0 Å². The highest BCUT2D eigenvalue weighted by molar-refractivity contribution is 6.10. The molecule has 1 aromatic rings. The minimum atomic E-state index is -1.13. The summed E-state index contributed by atoms with van der Waals surface area (Å²) in [5, 5.41) is 5.91. The third-order valence-corrected chi connectivity index (χ3v) is 4.42. The molecule has 1 rings (SSSR count). The average Bonchev–Trinajstić information content (AvgIpc) is 2.51. The second-order valence-electron chi connectivity index (χ2n) is 8.30. The van der Waals surface area contributed by atoms with E-state index >= 15 is 0 Å². The van der Waals surface area contributed by atoms with Crippen molar-refractivity contribution in [2.24, 2.45) is 11.3 Å². The number of carbonyl (C=O) groups is 2. The molecule has 0 heterocycles. The fourth-order valence-electron chi connectivity index (χ4n) is 2.59. The average molecular weight is 347 g/mol. The summed E-state index contributed by atoms with van der Waals surface area (Å²) in [7, 11) is 0. The van der Waals surface area contributed by atoms with Crippen molar-refractivity contribution < 1.29 is 9.59 Å². The highest BCUT2D eigenvalue weighted by atomic mass is 16.2. The Hall–Kier alpha value is -1.84. The lowest BCUT2D eigenvalue weighted by molar-refractivity contribution is -0.138. The van der Waals surface area contributed by atoms with Crippen LogP contribution in [-0.2, 0) is 9.59 Å². The first-order valence-electron chi connectivity index (χ1n) is 9.21. The first-order valence-corrected chi connectivity index (χ1v) is 9.21. The number of rotatable bonds is 7. The van der Waals surface area contributed by atoms with Gasteiger partial charge in [0, 0.05) is 12.2 Å². The Morgan fingerprint density at radius 1 is 0.920 bits per heavy atom. The number of benzene rings is 1. The van der Waals surface area contributed by atoms with Gasteiger partial charge in [0.15, 0.2) is 0 Å². The van der Waals surface area contributed by atoms with Crippen LogP contribution in [0.4, 0.5) is 5.69 Å². The molecule has 0 bridgehead atoms. The van der Waals surface area contributed by atoms with Gasteiger partial charge in [-0.15, -0.1) is 0 Å². The van der Waals surface area contributed by atoms with Gasteiger partial charge in [0.05, 0.1) is 0 Å². The topological polar surface area (TPSA) is 58.2 Å². The molecule has 0 spiro atoms. The smallest absolute Gasteiger partial charge is 0.239 e. The van der Waals surface area contributed by atoms with E-state index in [2.05, 4.69) is 38.3 Å². The summed E-state index contributed by atoms with van der Waals surface area (Å²) >= 11 is 0. The van der Waals surface area contributed by atoms with Crippen molar-refractivity contribution in [1.29, 1.82) is 0 Å². The maximum atomic E-state index is 12.9. The van der Waals surface area contributed by atoms with Crippen LogP contribution in [0.5, 0.6) is 0 Å². The Morgan fingerprint density at radius 2 is 1.40 bits per heavy atom. The fourth-order valence-corrected chi connectivity index (χ4v) is 2.59. The van der Waals surface area contributed by atoms with Crippen LogP contribution in [0.25, 0.3) is 0 Å². The maximum absolute atomic E-state index is 12.9. The summed E-state index contributed by atoms with van der Waals surface area (Å²) in [6.45, 7) is 16.4. The molecule has 0 unspecified atom stereocenters. The van der Waals surface area contributed by atoms with Crippen molar-refractivity contribution in [2.45, 2.75) is 67.2 Å². The van der Waals surface area contributed by atoms with Crippen LogP contribution in [0.1, 0.15) is 78.4 Å². The molecule has 1 aromatic carbocycles. The van der Waals surface area contributed by atoms with Gasteiger partial charge in [-0.2, -0.15) is 0 Å². The summed E-state index contributed by atoms with van der Waals surface area (Å²) in [6.07, 6.45) is 0. The lowest BCUT2D eigenvalue weighted by atomic mass is 9.88. The van der Waals surface area contributed by atoms with Gasteiger partial charge in [-0.3, -0.25) is 9.59 Å². The monoisotopic (exact) mass is 346 g/mol. The Kier molecular flexibility index (Phi) is 7.21. The number of anilines is 1. The maximum Gasteiger partial charge on any atom is 0.239 e. The summed E-state index contributed by atoms with van der Waals surface area (Å²) in [5.74, 6) is 0.395. The van der Waals surface area contributed by atoms with E-state index in [4.69, 9.17) is 0 Å². The van der Waals surface area contributed by atoms with Crippen LogP contribution in [0.15, 0.2) is 18.2 Å². The van der Waals surface area contributed by atoms with Crippen molar-refractivity contribution in [2.75, 3.05) is 11.9 Å². The molecule has 2 amide bonds. The van der Waals surface area contributed by atoms with E-state index in [1.807, 2.05) is 32.0 Å². The number of carbonyl (C=O) groups excluding carboxylic acids is 2. The molecule has 0 aromatic heterocycles. The van der Waals surface area contributed by atoms with E-state index in [1.165, 1.54) is 0 Å². The highest BCUT2D eigenvalue weighted by Gasteiger charge is 2.36. The zero-order valence-corrected chi connectivity index (χ0v) is 17.0. The Balaban J connectivity index is 3.12. The summed E-state index contributed by atoms with van der Waals surface area (Å²) < 4.78 is 0. The molecule has 2 N–H and O–H groups in total. The van der Waals surface area contributed by atoms with E-state index in [0.29, 0.717) is 12.5 Å². The lowest BCUT2D eigenvalue weighted by Gasteiger charge is -2.26. The summed E-state index contributed by atoms with van der Waals surface area (Å²) in [4.78, 5) is 25.4. The SMILES string of the molecule is CC(C)CNC(=O)C(C)(C)C(=O)Nc1c(C(C)C)cccc1C(C)C. The standard InChI is InChI=1S/C21H34N2O2/c1-13(2)12-22-19(24)21(7,8)20(25)23-18-16(14(3)4)10-9-11-17(18)15(5)6/h9-11,13-15H,12H2,1-8H3,(H,22,24)(H,23,25). The Bertz CT molecular complexity index is 590. The van der Waals surface area contributed by atoms with E-state index < -0.39 is 5.41 Å². The number of nitrogens with one attached hydrogen (secondary N) is 2. The predicted octanol–water partition coefficient (Wildman–Crippen LogP) is 4.67. The summed E-state index contributed by atoms with van der Waals surface area (Å²) in [5.41, 5.74) is 1.91. The molecule has 0 saturated carbocycles. The third-order valence-electron chi connectivity index (χ3n) is 4.42. The molecule has 0 aliphatic rings. The van der Waals surface area contributed by atoms with Crippen LogP contribution in [0.3, 0.4) is 0 Å². The molecule has 0 fully saturated rings. The fraction of sp³-hybridized carbons (Fsp3) is 0.619. The molecule has 140 valence electrons. The first kappa shape index (κ1) is 21.2. The molecule has 0 saturated heterocycles. The minimum Gasteiger partial charge on any atom is -0.355 e.